The number of hydrogen-bond donors (Lipinski definition) is 3. The average molecular weight is 661 g/mol. The molecule has 46 heavy (non-hydrogen) atoms. The molecule has 0 radical (unpaired) electrons. The number of nitrogens with one attached hydrogen (secondary N) is 3. The lowest BCUT2D eigenvalue weighted by atomic mass is 9.99. The summed E-state index contributed by atoms with van der Waals surface area (Å²) >= 11 is 0. The van der Waals surface area contributed by atoms with Crippen LogP contribution in [0, 0.1) is 17.6 Å². The summed E-state index contributed by atoms with van der Waals surface area (Å²) in [5.74, 6) is -4.60. The lowest BCUT2D eigenvalue weighted by molar-refractivity contribution is -0.148. The van der Waals surface area contributed by atoms with E-state index in [1.165, 1.54) is 13.0 Å². The van der Waals surface area contributed by atoms with E-state index in [0.29, 0.717) is 55.6 Å². The lowest BCUT2D eigenvalue weighted by Gasteiger charge is -2.33. The predicted molar refractivity (Wildman–Crippen MR) is 163 cm³/mol. The van der Waals surface area contributed by atoms with Crippen molar-refractivity contribution in [2.75, 3.05) is 56.0 Å². The average Bonchev–Trinajstić information content (AvgIpc) is 3.43. The monoisotopic (exact) mass is 660 g/mol. The highest BCUT2D eigenvalue weighted by atomic mass is 32.2. The van der Waals surface area contributed by atoms with Gasteiger partial charge in [0.25, 0.3) is 5.91 Å². The number of amides is 2. The van der Waals surface area contributed by atoms with E-state index < -0.39 is 44.5 Å². The van der Waals surface area contributed by atoms with E-state index in [1.807, 2.05) is 14.1 Å². The number of nitrogens with zero attached hydrogens (tertiary/aromatic N) is 3. The summed E-state index contributed by atoms with van der Waals surface area (Å²) in [5, 5.41) is 12.4. The number of rotatable bonds is 9. The van der Waals surface area contributed by atoms with Gasteiger partial charge in [-0.25, -0.2) is 22.0 Å². The van der Waals surface area contributed by atoms with E-state index in [2.05, 4.69) is 20.8 Å². The Morgan fingerprint density at radius 1 is 1.09 bits per heavy atom. The van der Waals surface area contributed by atoms with Crippen LogP contribution in [-0.2, 0) is 35.5 Å². The Labute approximate surface area is 264 Å². The molecule has 3 N–H and O–H groups in total. The number of aromatic amines is 1. The molecule has 1 unspecified atom stereocenters. The molecule has 1 aromatic heterocycles. The van der Waals surface area contributed by atoms with E-state index in [1.54, 1.807) is 17.0 Å². The van der Waals surface area contributed by atoms with Crippen LogP contribution in [0.3, 0.4) is 0 Å². The van der Waals surface area contributed by atoms with Crippen LogP contribution >= 0.6 is 0 Å². The molecule has 2 aliphatic rings. The van der Waals surface area contributed by atoms with Gasteiger partial charge in [-0.2, -0.15) is 9.40 Å². The second-order valence-corrected chi connectivity index (χ2v) is 12.9. The van der Waals surface area contributed by atoms with Crippen LogP contribution in [0.1, 0.15) is 47.4 Å². The smallest absolute Gasteiger partial charge is 0.329 e. The summed E-state index contributed by atoms with van der Waals surface area (Å²) in [7, 11) is -1.03. The van der Waals surface area contributed by atoms with E-state index in [4.69, 9.17) is 9.47 Å². The van der Waals surface area contributed by atoms with E-state index in [-0.39, 0.29) is 54.0 Å². The van der Waals surface area contributed by atoms with Crippen LogP contribution in [0.15, 0.2) is 41.3 Å². The van der Waals surface area contributed by atoms with Crippen molar-refractivity contribution in [3.63, 3.8) is 0 Å². The molecule has 1 saturated heterocycles. The number of benzene rings is 2. The third-order valence-electron chi connectivity index (χ3n) is 7.83. The number of anilines is 3. The van der Waals surface area contributed by atoms with Gasteiger partial charge < -0.3 is 25.0 Å². The summed E-state index contributed by atoms with van der Waals surface area (Å²) in [5.41, 5.74) is 1.43. The van der Waals surface area contributed by atoms with Gasteiger partial charge in [-0.15, -0.1) is 0 Å². The minimum atomic E-state index is -4.64. The summed E-state index contributed by atoms with van der Waals surface area (Å²) in [6.07, 6.45) is 1.11. The number of hydrogen-bond acceptors (Lipinski definition) is 9. The summed E-state index contributed by atoms with van der Waals surface area (Å²) in [4.78, 5) is 41.3. The van der Waals surface area contributed by atoms with Gasteiger partial charge >= 0.3 is 5.97 Å². The van der Waals surface area contributed by atoms with Crippen LogP contribution in [0.2, 0.25) is 0 Å². The van der Waals surface area contributed by atoms with Crippen molar-refractivity contribution in [2.45, 2.75) is 37.1 Å². The molecule has 2 amide bonds. The first-order chi connectivity index (χ1) is 21.9. The van der Waals surface area contributed by atoms with E-state index in [9.17, 15) is 31.6 Å². The van der Waals surface area contributed by atoms with Crippen molar-refractivity contribution < 1.29 is 41.1 Å². The van der Waals surface area contributed by atoms with Gasteiger partial charge in [0.1, 0.15) is 11.6 Å². The molecule has 246 valence electrons. The maximum absolute atomic E-state index is 14.0. The van der Waals surface area contributed by atoms with Gasteiger partial charge in [0.15, 0.2) is 11.9 Å². The molecule has 0 spiro atoms. The number of H-pyrrole nitrogens is 1. The van der Waals surface area contributed by atoms with E-state index in [0.717, 1.165) is 4.31 Å². The van der Waals surface area contributed by atoms with Crippen molar-refractivity contribution in [3.05, 3.63) is 64.9 Å². The summed E-state index contributed by atoms with van der Waals surface area (Å²) in [6, 6.07) is 5.07. The molecule has 2 aliphatic heterocycles. The Bertz CT molecular complexity index is 1740. The largest absolute Gasteiger partial charge is 0.465 e. The number of sulfonamides is 1. The highest BCUT2D eigenvalue weighted by molar-refractivity contribution is 7.89. The predicted octanol–water partition coefficient (Wildman–Crippen LogP) is 3.22. The first-order valence-electron chi connectivity index (χ1n) is 14.6. The number of halogens is 2. The van der Waals surface area contributed by atoms with Crippen molar-refractivity contribution in [3.8, 4) is 0 Å². The molecular weight excluding hydrogens is 626 g/mol. The third kappa shape index (κ3) is 6.73. The van der Waals surface area contributed by atoms with Gasteiger partial charge in [-0.05, 0) is 50.1 Å². The number of aromatic nitrogens is 2. The number of esters is 1. The zero-order valence-corrected chi connectivity index (χ0v) is 26.2. The first kappa shape index (κ1) is 33.0. The zero-order chi connectivity index (χ0) is 33.2. The fourth-order valence-corrected chi connectivity index (χ4v) is 7.07. The number of carbonyl (C=O) groups excluding carboxylic acids is 3. The van der Waals surface area contributed by atoms with Crippen LogP contribution in [0.5, 0.6) is 0 Å². The number of carbonyl (C=O) groups is 3. The Morgan fingerprint density at radius 2 is 1.78 bits per heavy atom. The summed E-state index contributed by atoms with van der Waals surface area (Å²) in [6.45, 7) is 2.10. The van der Waals surface area contributed by atoms with Crippen LogP contribution < -0.4 is 15.5 Å². The zero-order valence-electron chi connectivity index (χ0n) is 25.4. The molecular formula is C30H34F2N6O7S. The van der Waals surface area contributed by atoms with Crippen molar-refractivity contribution in [1.29, 1.82) is 0 Å². The molecule has 5 rings (SSSR count). The normalized spacial score (nSPS) is 17.2. The van der Waals surface area contributed by atoms with Gasteiger partial charge in [0.05, 0.1) is 22.8 Å². The fourth-order valence-electron chi connectivity index (χ4n) is 5.47. The lowest BCUT2D eigenvalue weighted by Crippen LogP contribution is -2.44. The maximum atomic E-state index is 14.0. The van der Waals surface area contributed by atoms with Gasteiger partial charge in [0.2, 0.25) is 15.9 Å². The molecule has 3 heterocycles. The molecule has 0 saturated carbocycles. The molecule has 1 atom stereocenters. The second kappa shape index (κ2) is 13.5. The molecule has 0 bridgehead atoms. The van der Waals surface area contributed by atoms with Crippen molar-refractivity contribution >= 4 is 45.0 Å². The fraction of sp³-hybridized carbons (Fsp3) is 0.400. The molecule has 3 aromatic rings. The van der Waals surface area contributed by atoms with Gasteiger partial charge in [-0.1, -0.05) is 0 Å². The van der Waals surface area contributed by atoms with Crippen molar-refractivity contribution in [2.24, 2.45) is 5.92 Å². The molecule has 2 aromatic carbocycles. The minimum Gasteiger partial charge on any atom is -0.465 e. The quantitative estimate of drug-likeness (QED) is 0.293. The Hall–Kier alpha value is -4.41. The standard InChI is InChI=1S/C30H34F2N6O7S/c1-4-45-30(41)26-25-23(7-10-38(26)46(42,43)21-14-18(31)13-19(32)15-21)35-36-27(25)34-29(40)22-6-5-20(37(2)3)16-24(22)33-28(39)17-8-11-44-12-9-17/h5-6,13-17,26H,4,7-12H2,1-3H3,(H,33,39)(H2,34,35,36,40). The Balaban J connectivity index is 1.50. The SMILES string of the molecule is CCOC(=O)C1c2c(NC(=O)c3ccc(N(C)C)cc3NC(=O)C3CCOCC3)n[nH]c2CCN1S(=O)(=O)c1cc(F)cc(F)c1. The van der Waals surface area contributed by atoms with E-state index >= 15 is 0 Å². The number of ether oxygens (including phenoxy) is 2. The number of fused-ring (bicyclic) bond motifs is 1. The third-order valence-corrected chi connectivity index (χ3v) is 9.67. The molecule has 16 heteroatoms. The van der Waals surface area contributed by atoms with Gasteiger partial charge in [0, 0.05) is 69.2 Å². The van der Waals surface area contributed by atoms with Crippen LogP contribution in [0.25, 0.3) is 0 Å². The van der Waals surface area contributed by atoms with Crippen molar-refractivity contribution in [1.82, 2.24) is 14.5 Å². The minimum absolute atomic E-state index is 0.0243. The second-order valence-electron chi connectivity index (χ2n) is 11.0. The van der Waals surface area contributed by atoms with Gasteiger partial charge in [-0.3, -0.25) is 14.7 Å². The van der Waals surface area contributed by atoms with Crippen LogP contribution in [-0.4, -0.2) is 81.2 Å². The Morgan fingerprint density at radius 3 is 2.43 bits per heavy atom. The molecule has 0 aliphatic carbocycles. The molecule has 13 nitrogen and oxygen atoms in total. The molecule has 1 fully saturated rings. The topological polar surface area (TPSA) is 163 Å². The summed E-state index contributed by atoms with van der Waals surface area (Å²) < 4.78 is 66.8. The first-order valence-corrected chi connectivity index (χ1v) is 16.1. The highest BCUT2D eigenvalue weighted by Crippen LogP contribution is 2.39. The Kier molecular flexibility index (Phi) is 9.69. The maximum Gasteiger partial charge on any atom is 0.329 e. The van der Waals surface area contributed by atoms with Crippen LogP contribution in [0.4, 0.5) is 26.0 Å². The highest BCUT2D eigenvalue weighted by Gasteiger charge is 2.45.